The Balaban J connectivity index is 2.01. The molecule has 1 aromatic rings. The van der Waals surface area contributed by atoms with Gasteiger partial charge in [-0.3, -0.25) is 0 Å². The van der Waals surface area contributed by atoms with Gasteiger partial charge in [-0.2, -0.15) is 0 Å². The third-order valence-electron chi connectivity index (χ3n) is 4.76. The molecular formula is C21H32N2O5. The summed E-state index contributed by atoms with van der Waals surface area (Å²) < 4.78 is 17.0. The van der Waals surface area contributed by atoms with Crippen molar-refractivity contribution in [3.63, 3.8) is 0 Å². The average molecular weight is 392 g/mol. The first-order valence-electron chi connectivity index (χ1n) is 9.91. The topological polar surface area (TPSA) is 77.1 Å². The largest absolute Gasteiger partial charge is 0.493 e. The molecule has 2 amide bonds. The summed E-state index contributed by atoms with van der Waals surface area (Å²) in [7, 11) is 1.80. The lowest BCUT2D eigenvalue weighted by Gasteiger charge is -2.25. The average Bonchev–Trinajstić information content (AvgIpc) is 2.96. The van der Waals surface area contributed by atoms with Crippen LogP contribution < -0.4 is 14.8 Å². The van der Waals surface area contributed by atoms with Crippen LogP contribution in [0, 0.1) is 0 Å². The van der Waals surface area contributed by atoms with Gasteiger partial charge in [0.25, 0.3) is 0 Å². The fourth-order valence-corrected chi connectivity index (χ4v) is 3.10. The van der Waals surface area contributed by atoms with Gasteiger partial charge in [0.05, 0.1) is 19.3 Å². The van der Waals surface area contributed by atoms with Gasteiger partial charge in [0, 0.05) is 20.0 Å². The van der Waals surface area contributed by atoms with Crippen molar-refractivity contribution in [3.05, 3.63) is 23.8 Å². The summed E-state index contributed by atoms with van der Waals surface area (Å²) in [5, 5.41) is 2.82. The van der Waals surface area contributed by atoms with Crippen LogP contribution in [0.2, 0.25) is 0 Å². The van der Waals surface area contributed by atoms with Crippen molar-refractivity contribution < 1.29 is 23.8 Å². The molecule has 1 aromatic carbocycles. The van der Waals surface area contributed by atoms with Crippen molar-refractivity contribution in [1.82, 2.24) is 10.2 Å². The van der Waals surface area contributed by atoms with Crippen LogP contribution in [0.15, 0.2) is 18.2 Å². The van der Waals surface area contributed by atoms with E-state index in [0.29, 0.717) is 25.5 Å². The second-order valence-electron chi connectivity index (χ2n) is 7.44. The molecule has 1 aliphatic heterocycles. The molecule has 0 aliphatic carbocycles. The smallest absolute Gasteiger partial charge is 0.349 e. The van der Waals surface area contributed by atoms with Gasteiger partial charge in [0.1, 0.15) is 11.5 Å². The predicted octanol–water partition coefficient (Wildman–Crippen LogP) is 3.15. The number of hydrogen-bond donors (Lipinski definition) is 1. The molecule has 28 heavy (non-hydrogen) atoms. The highest BCUT2D eigenvalue weighted by molar-refractivity contribution is 5.79. The molecule has 0 spiro atoms. The Bertz CT molecular complexity index is 689. The van der Waals surface area contributed by atoms with E-state index in [1.54, 1.807) is 32.7 Å². The van der Waals surface area contributed by atoms with E-state index in [1.807, 2.05) is 18.2 Å². The molecule has 0 aromatic heterocycles. The highest BCUT2D eigenvalue weighted by atomic mass is 16.6. The standard InChI is InChI=1S/C21H32N2O5/c1-6-8-15-13-17(28-21(3,4)19(24)26-7-2)9-10-18(15)27-12-11-16-14-22-20(25)23(16)5/h9-10,13,16H,6-8,11-12,14H2,1-5H3,(H,22,25). The van der Waals surface area contributed by atoms with E-state index in [0.717, 1.165) is 30.6 Å². The first kappa shape index (κ1) is 21.9. The second-order valence-corrected chi connectivity index (χ2v) is 7.44. The number of urea groups is 1. The highest BCUT2D eigenvalue weighted by Crippen LogP contribution is 2.28. The van der Waals surface area contributed by atoms with Crippen molar-refractivity contribution in [3.8, 4) is 11.5 Å². The second kappa shape index (κ2) is 9.66. The van der Waals surface area contributed by atoms with Gasteiger partial charge in [-0.15, -0.1) is 0 Å². The number of amides is 2. The number of rotatable bonds is 10. The third-order valence-corrected chi connectivity index (χ3v) is 4.76. The number of esters is 1. The number of ether oxygens (including phenoxy) is 3. The Hall–Kier alpha value is -2.44. The number of likely N-dealkylation sites (N-methyl/N-ethyl adjacent to an activating group) is 1. The molecular weight excluding hydrogens is 360 g/mol. The van der Waals surface area contributed by atoms with Crippen LogP contribution in [0.5, 0.6) is 11.5 Å². The zero-order valence-electron chi connectivity index (χ0n) is 17.5. The van der Waals surface area contributed by atoms with Crippen LogP contribution in [0.1, 0.15) is 46.1 Å². The lowest BCUT2D eigenvalue weighted by atomic mass is 10.1. The number of nitrogens with one attached hydrogen (secondary N) is 1. The van der Waals surface area contributed by atoms with Gasteiger partial charge in [-0.25, -0.2) is 9.59 Å². The Morgan fingerprint density at radius 1 is 1.32 bits per heavy atom. The van der Waals surface area contributed by atoms with Crippen molar-refractivity contribution in [2.45, 2.75) is 58.6 Å². The number of benzene rings is 1. The number of carbonyl (C=O) groups is 2. The van der Waals surface area contributed by atoms with Crippen LogP contribution in [-0.4, -0.2) is 55.3 Å². The normalized spacial score (nSPS) is 16.7. The van der Waals surface area contributed by atoms with Crippen molar-refractivity contribution in [2.24, 2.45) is 0 Å². The van der Waals surface area contributed by atoms with E-state index >= 15 is 0 Å². The number of aryl methyl sites for hydroxylation is 1. The van der Waals surface area contributed by atoms with Crippen LogP contribution in [0.3, 0.4) is 0 Å². The molecule has 7 heteroatoms. The van der Waals surface area contributed by atoms with E-state index in [-0.39, 0.29) is 12.1 Å². The minimum Gasteiger partial charge on any atom is -0.493 e. The lowest BCUT2D eigenvalue weighted by molar-refractivity contribution is -0.158. The summed E-state index contributed by atoms with van der Waals surface area (Å²) in [6.45, 7) is 8.76. The summed E-state index contributed by atoms with van der Waals surface area (Å²) >= 11 is 0. The molecule has 2 rings (SSSR count). The maximum Gasteiger partial charge on any atom is 0.349 e. The van der Waals surface area contributed by atoms with Gasteiger partial charge < -0.3 is 24.4 Å². The first-order chi connectivity index (χ1) is 13.3. The molecule has 0 bridgehead atoms. The van der Waals surface area contributed by atoms with Crippen molar-refractivity contribution in [1.29, 1.82) is 0 Å². The fraction of sp³-hybridized carbons (Fsp3) is 0.619. The minimum absolute atomic E-state index is 0.0395. The molecule has 0 radical (unpaired) electrons. The maximum absolute atomic E-state index is 12.1. The number of hydrogen-bond acceptors (Lipinski definition) is 5. The van der Waals surface area contributed by atoms with E-state index in [1.165, 1.54) is 0 Å². The summed E-state index contributed by atoms with van der Waals surface area (Å²) in [6, 6.07) is 5.72. The number of nitrogens with zero attached hydrogens (tertiary/aromatic N) is 1. The maximum atomic E-state index is 12.1. The molecule has 1 atom stereocenters. The Morgan fingerprint density at radius 2 is 2.07 bits per heavy atom. The van der Waals surface area contributed by atoms with E-state index in [2.05, 4.69) is 12.2 Å². The summed E-state index contributed by atoms with van der Waals surface area (Å²) in [5.41, 5.74) is -0.0253. The van der Waals surface area contributed by atoms with Crippen LogP contribution in [0.25, 0.3) is 0 Å². The van der Waals surface area contributed by atoms with Gasteiger partial charge in [0.15, 0.2) is 5.60 Å². The summed E-state index contributed by atoms with van der Waals surface area (Å²) in [5.74, 6) is 1.03. The van der Waals surface area contributed by atoms with Gasteiger partial charge in [0.2, 0.25) is 0 Å². The van der Waals surface area contributed by atoms with Crippen LogP contribution in [0.4, 0.5) is 4.79 Å². The Labute approximate surface area is 167 Å². The first-order valence-corrected chi connectivity index (χ1v) is 9.91. The molecule has 156 valence electrons. The van der Waals surface area contributed by atoms with Crippen LogP contribution in [-0.2, 0) is 16.0 Å². The van der Waals surface area contributed by atoms with Gasteiger partial charge in [-0.05, 0) is 51.0 Å². The minimum atomic E-state index is -1.06. The molecule has 1 fully saturated rings. The molecule has 0 saturated carbocycles. The van der Waals surface area contributed by atoms with E-state index in [4.69, 9.17) is 14.2 Å². The highest BCUT2D eigenvalue weighted by Gasteiger charge is 2.32. The monoisotopic (exact) mass is 392 g/mol. The molecule has 7 nitrogen and oxygen atoms in total. The number of carbonyl (C=O) groups excluding carboxylic acids is 2. The zero-order chi connectivity index (χ0) is 20.7. The van der Waals surface area contributed by atoms with Gasteiger partial charge >= 0.3 is 12.0 Å². The van der Waals surface area contributed by atoms with Crippen LogP contribution >= 0.6 is 0 Å². The van der Waals surface area contributed by atoms with E-state index in [9.17, 15) is 9.59 Å². The predicted molar refractivity (Wildman–Crippen MR) is 107 cm³/mol. The Morgan fingerprint density at radius 3 is 2.68 bits per heavy atom. The fourth-order valence-electron chi connectivity index (χ4n) is 3.10. The molecule has 1 saturated heterocycles. The summed E-state index contributed by atoms with van der Waals surface area (Å²) in [6.07, 6.45) is 2.57. The molecule has 1 aliphatic rings. The zero-order valence-corrected chi connectivity index (χ0v) is 17.5. The van der Waals surface area contributed by atoms with Gasteiger partial charge in [-0.1, -0.05) is 13.3 Å². The SMILES string of the molecule is CCCc1cc(OC(C)(C)C(=O)OCC)ccc1OCCC1CNC(=O)N1C. The lowest BCUT2D eigenvalue weighted by Crippen LogP contribution is -2.39. The van der Waals surface area contributed by atoms with E-state index < -0.39 is 11.6 Å². The third kappa shape index (κ3) is 5.53. The molecule has 1 unspecified atom stereocenters. The molecule has 1 heterocycles. The van der Waals surface area contributed by atoms with Crippen molar-refractivity contribution in [2.75, 3.05) is 26.8 Å². The quantitative estimate of drug-likeness (QED) is 0.619. The van der Waals surface area contributed by atoms with Crippen molar-refractivity contribution >= 4 is 12.0 Å². The summed E-state index contributed by atoms with van der Waals surface area (Å²) in [4.78, 5) is 25.3. The molecule has 1 N–H and O–H groups in total. The Kier molecular flexibility index (Phi) is 7.54.